The van der Waals surface area contributed by atoms with Crippen molar-refractivity contribution in [1.29, 1.82) is 0 Å². The summed E-state index contributed by atoms with van der Waals surface area (Å²) >= 11 is 0. The number of pyridine rings is 1. The molecule has 0 radical (unpaired) electrons. The van der Waals surface area contributed by atoms with Gasteiger partial charge in [0.2, 0.25) is 0 Å². The minimum Gasteiger partial charge on any atom is -0.379 e. The Morgan fingerprint density at radius 1 is 1.22 bits per heavy atom. The van der Waals surface area contributed by atoms with Crippen LogP contribution in [0.5, 0.6) is 0 Å². The van der Waals surface area contributed by atoms with Crippen LogP contribution < -0.4 is 10.6 Å². The first-order chi connectivity index (χ1) is 12.8. The number of hydrogen-bond acceptors (Lipinski definition) is 4. The molecule has 1 unspecified atom stereocenters. The van der Waals surface area contributed by atoms with E-state index in [0.29, 0.717) is 12.6 Å². The molecule has 2 N–H and O–H groups in total. The van der Waals surface area contributed by atoms with Crippen molar-refractivity contribution in [2.75, 3.05) is 39.4 Å². The Balaban J connectivity index is 0.00000261. The molecular weight excluding hydrogens is 453 g/mol. The molecule has 0 aliphatic carbocycles. The van der Waals surface area contributed by atoms with E-state index in [1.165, 1.54) is 0 Å². The summed E-state index contributed by atoms with van der Waals surface area (Å²) in [5.41, 5.74) is 2.16. The number of para-hydroxylation sites is 1. The predicted molar refractivity (Wildman–Crippen MR) is 122 cm³/mol. The van der Waals surface area contributed by atoms with Crippen LogP contribution in [0.2, 0.25) is 0 Å². The van der Waals surface area contributed by atoms with Crippen LogP contribution in [0.3, 0.4) is 0 Å². The van der Waals surface area contributed by atoms with Gasteiger partial charge < -0.3 is 15.4 Å². The Kier molecular flexibility index (Phi) is 9.23. The molecule has 0 spiro atoms. The summed E-state index contributed by atoms with van der Waals surface area (Å²) in [6.07, 6.45) is 1.84. The second kappa shape index (κ2) is 11.4. The number of rotatable bonds is 6. The van der Waals surface area contributed by atoms with Gasteiger partial charge in [-0.15, -0.1) is 24.0 Å². The van der Waals surface area contributed by atoms with Crippen LogP contribution >= 0.6 is 24.0 Å². The third-order valence-electron chi connectivity index (χ3n) is 4.70. The Morgan fingerprint density at radius 2 is 2.00 bits per heavy atom. The summed E-state index contributed by atoms with van der Waals surface area (Å²) in [5.74, 6) is 0.848. The van der Waals surface area contributed by atoms with Crippen molar-refractivity contribution in [3.63, 3.8) is 0 Å². The van der Waals surface area contributed by atoms with Crippen LogP contribution in [0.15, 0.2) is 41.5 Å². The number of aromatic nitrogens is 1. The van der Waals surface area contributed by atoms with E-state index in [9.17, 15) is 0 Å². The van der Waals surface area contributed by atoms with Crippen LogP contribution in [0.4, 0.5) is 0 Å². The number of ether oxygens (including phenoxy) is 1. The predicted octanol–water partition coefficient (Wildman–Crippen LogP) is 2.63. The second-order valence-electron chi connectivity index (χ2n) is 6.57. The molecule has 1 aliphatic heterocycles. The fraction of sp³-hybridized carbons (Fsp3) is 0.500. The number of nitrogens with zero attached hydrogens (tertiary/aromatic N) is 3. The monoisotopic (exact) mass is 483 g/mol. The smallest absolute Gasteiger partial charge is 0.191 e. The van der Waals surface area contributed by atoms with E-state index in [1.807, 2.05) is 12.3 Å². The molecule has 0 saturated carbocycles. The summed E-state index contributed by atoms with van der Waals surface area (Å²) in [5, 5.41) is 7.96. The van der Waals surface area contributed by atoms with Gasteiger partial charge in [0.25, 0.3) is 0 Å². The lowest BCUT2D eigenvalue weighted by atomic mass is 10.1. The van der Waals surface area contributed by atoms with Crippen molar-refractivity contribution >= 4 is 40.8 Å². The Morgan fingerprint density at radius 3 is 2.78 bits per heavy atom. The number of hydrogen-bond donors (Lipinski definition) is 2. The maximum absolute atomic E-state index is 5.43. The van der Waals surface area contributed by atoms with Crippen LogP contribution in [0.1, 0.15) is 19.4 Å². The molecule has 6 nitrogen and oxygen atoms in total. The molecule has 0 amide bonds. The van der Waals surface area contributed by atoms with Gasteiger partial charge in [-0.3, -0.25) is 9.88 Å². The van der Waals surface area contributed by atoms with Crippen LogP contribution in [-0.4, -0.2) is 61.3 Å². The maximum atomic E-state index is 5.43. The van der Waals surface area contributed by atoms with Crippen LogP contribution in [0.25, 0.3) is 10.9 Å². The topological polar surface area (TPSA) is 61.8 Å². The fourth-order valence-electron chi connectivity index (χ4n) is 3.19. The summed E-state index contributed by atoms with van der Waals surface area (Å²) in [7, 11) is 0. The van der Waals surface area contributed by atoms with Gasteiger partial charge >= 0.3 is 0 Å². The normalized spacial score (nSPS) is 16.6. The van der Waals surface area contributed by atoms with Crippen molar-refractivity contribution in [3.8, 4) is 0 Å². The molecule has 2 aromatic rings. The molecule has 3 rings (SSSR count). The van der Waals surface area contributed by atoms with E-state index in [-0.39, 0.29) is 24.0 Å². The largest absolute Gasteiger partial charge is 0.379 e. The van der Waals surface area contributed by atoms with Crippen molar-refractivity contribution in [1.82, 2.24) is 20.5 Å². The maximum Gasteiger partial charge on any atom is 0.191 e. The molecule has 1 aromatic carbocycles. The highest BCUT2D eigenvalue weighted by Gasteiger charge is 2.17. The molecule has 2 heterocycles. The minimum absolute atomic E-state index is 0. The summed E-state index contributed by atoms with van der Waals surface area (Å²) in [4.78, 5) is 11.7. The molecular formula is C20H30IN5O. The summed E-state index contributed by atoms with van der Waals surface area (Å²) < 4.78 is 5.43. The van der Waals surface area contributed by atoms with Gasteiger partial charge in [-0.25, -0.2) is 4.99 Å². The lowest BCUT2D eigenvalue weighted by Gasteiger charge is -2.32. The van der Waals surface area contributed by atoms with E-state index in [1.54, 1.807) is 0 Å². The number of nitrogens with one attached hydrogen (secondary N) is 2. The van der Waals surface area contributed by atoms with Gasteiger partial charge in [0.05, 0.1) is 25.3 Å². The van der Waals surface area contributed by atoms with Gasteiger partial charge in [0.1, 0.15) is 0 Å². The van der Waals surface area contributed by atoms with E-state index < -0.39 is 0 Å². The molecule has 148 valence electrons. The number of morpholine rings is 1. The first kappa shape index (κ1) is 21.8. The first-order valence-corrected chi connectivity index (χ1v) is 9.44. The highest BCUT2D eigenvalue weighted by Crippen LogP contribution is 2.16. The highest BCUT2D eigenvalue weighted by molar-refractivity contribution is 14.0. The fourth-order valence-corrected chi connectivity index (χ4v) is 3.19. The molecule has 1 fully saturated rings. The lowest BCUT2D eigenvalue weighted by Crippen LogP contribution is -2.49. The van der Waals surface area contributed by atoms with Crippen molar-refractivity contribution < 1.29 is 4.74 Å². The third kappa shape index (κ3) is 6.29. The van der Waals surface area contributed by atoms with Crippen LogP contribution in [0, 0.1) is 0 Å². The molecule has 1 aliphatic rings. The van der Waals surface area contributed by atoms with E-state index in [0.717, 1.165) is 61.8 Å². The number of aliphatic imine (C=N–C) groups is 1. The third-order valence-corrected chi connectivity index (χ3v) is 4.70. The molecule has 27 heavy (non-hydrogen) atoms. The van der Waals surface area contributed by atoms with Crippen molar-refractivity contribution in [2.24, 2.45) is 4.99 Å². The van der Waals surface area contributed by atoms with E-state index in [2.05, 4.69) is 58.6 Å². The number of benzene rings is 1. The van der Waals surface area contributed by atoms with Crippen molar-refractivity contribution in [2.45, 2.75) is 26.4 Å². The quantitative estimate of drug-likeness (QED) is 0.376. The van der Waals surface area contributed by atoms with Gasteiger partial charge in [0.15, 0.2) is 5.96 Å². The molecule has 0 bridgehead atoms. The number of halogens is 1. The van der Waals surface area contributed by atoms with Gasteiger partial charge in [-0.1, -0.05) is 24.3 Å². The highest BCUT2D eigenvalue weighted by atomic mass is 127. The zero-order valence-corrected chi connectivity index (χ0v) is 18.5. The standard InChI is InChI=1S/C20H29N5O.HI/c1-3-21-20(23-14-16(2)25-10-12-26-13-11-25)24-15-18-7-4-6-17-8-5-9-22-19(17)18;/h4-9,16H,3,10-15H2,1-2H3,(H2,21,23,24);1H. The molecule has 1 saturated heterocycles. The van der Waals surface area contributed by atoms with Gasteiger partial charge in [0, 0.05) is 43.8 Å². The molecule has 1 atom stereocenters. The van der Waals surface area contributed by atoms with E-state index >= 15 is 0 Å². The minimum atomic E-state index is 0. The van der Waals surface area contributed by atoms with Crippen molar-refractivity contribution in [3.05, 3.63) is 42.1 Å². The second-order valence-corrected chi connectivity index (χ2v) is 6.57. The van der Waals surface area contributed by atoms with E-state index in [4.69, 9.17) is 9.73 Å². The van der Waals surface area contributed by atoms with Gasteiger partial charge in [-0.05, 0) is 25.5 Å². The number of guanidine groups is 1. The summed E-state index contributed by atoms with van der Waals surface area (Å²) in [6.45, 7) is 10.3. The Labute approximate surface area is 178 Å². The first-order valence-electron chi connectivity index (χ1n) is 9.44. The Hall–Kier alpha value is -1.45. The Bertz CT molecular complexity index is 728. The zero-order valence-electron chi connectivity index (χ0n) is 16.1. The SMILES string of the molecule is CCNC(=NCc1cccc2cccnc12)NCC(C)N1CCOCC1.I. The molecule has 1 aromatic heterocycles. The lowest BCUT2D eigenvalue weighted by molar-refractivity contribution is 0.0211. The van der Waals surface area contributed by atoms with Crippen LogP contribution in [-0.2, 0) is 11.3 Å². The number of fused-ring (bicyclic) bond motifs is 1. The molecule has 7 heteroatoms. The summed E-state index contributed by atoms with van der Waals surface area (Å²) in [6, 6.07) is 10.7. The zero-order chi connectivity index (χ0) is 18.2. The van der Waals surface area contributed by atoms with Gasteiger partial charge in [-0.2, -0.15) is 0 Å². The average molecular weight is 483 g/mol. The average Bonchev–Trinajstić information content (AvgIpc) is 2.70.